The van der Waals surface area contributed by atoms with Gasteiger partial charge >= 0.3 is 0 Å². The number of fused-ring (bicyclic) bond motifs is 1. The average molecular weight is 356 g/mol. The molecule has 1 aliphatic heterocycles. The van der Waals surface area contributed by atoms with Crippen LogP contribution >= 0.6 is 15.9 Å². The van der Waals surface area contributed by atoms with Crippen LogP contribution in [-0.2, 0) is 10.0 Å². The van der Waals surface area contributed by atoms with Gasteiger partial charge in [0.05, 0.1) is 10.0 Å². The summed E-state index contributed by atoms with van der Waals surface area (Å²) < 4.78 is 46.1. The molecule has 0 radical (unpaired) electrons. The SMILES string of the molecule is O=S1(=O)N=C(Oc2ccc(F)c(Br)c2)c2ccccc21. The number of halogens is 2. The molecule has 0 amide bonds. The van der Waals surface area contributed by atoms with Gasteiger partial charge in [-0.25, -0.2) is 4.39 Å². The monoisotopic (exact) mass is 355 g/mol. The van der Waals surface area contributed by atoms with Crippen molar-refractivity contribution in [2.24, 2.45) is 4.40 Å². The largest absolute Gasteiger partial charge is 0.438 e. The molecule has 0 spiro atoms. The van der Waals surface area contributed by atoms with Crippen molar-refractivity contribution in [3.05, 3.63) is 58.3 Å². The first-order valence-electron chi connectivity index (χ1n) is 5.55. The first-order valence-corrected chi connectivity index (χ1v) is 7.78. The fraction of sp³-hybridized carbons (Fsp3) is 0. The molecule has 0 atom stereocenters. The lowest BCUT2D eigenvalue weighted by Gasteiger charge is -2.06. The van der Waals surface area contributed by atoms with Crippen molar-refractivity contribution in [2.45, 2.75) is 4.90 Å². The van der Waals surface area contributed by atoms with Crippen molar-refractivity contribution in [1.29, 1.82) is 0 Å². The van der Waals surface area contributed by atoms with Gasteiger partial charge in [0, 0.05) is 0 Å². The minimum Gasteiger partial charge on any atom is -0.438 e. The molecule has 3 rings (SSSR count). The Morgan fingerprint density at radius 1 is 1.15 bits per heavy atom. The molecule has 102 valence electrons. The molecule has 2 aromatic rings. The number of nitrogens with zero attached hydrogens (tertiary/aromatic N) is 1. The van der Waals surface area contributed by atoms with E-state index in [9.17, 15) is 12.8 Å². The molecular weight excluding hydrogens is 349 g/mol. The smallest absolute Gasteiger partial charge is 0.286 e. The van der Waals surface area contributed by atoms with E-state index in [1.807, 2.05) is 0 Å². The van der Waals surface area contributed by atoms with Crippen LogP contribution in [0.1, 0.15) is 5.56 Å². The average Bonchev–Trinajstić information content (AvgIpc) is 2.66. The van der Waals surface area contributed by atoms with Gasteiger partial charge in [-0.1, -0.05) is 12.1 Å². The zero-order valence-electron chi connectivity index (χ0n) is 9.88. The van der Waals surface area contributed by atoms with Gasteiger partial charge in [-0.05, 0) is 46.3 Å². The third kappa shape index (κ3) is 2.23. The Bertz CT molecular complexity index is 833. The Morgan fingerprint density at radius 3 is 2.65 bits per heavy atom. The molecule has 0 aliphatic carbocycles. The molecule has 0 unspecified atom stereocenters. The summed E-state index contributed by atoms with van der Waals surface area (Å²) in [5.74, 6) is -0.151. The Hall–Kier alpha value is -1.73. The summed E-state index contributed by atoms with van der Waals surface area (Å²) in [6.07, 6.45) is 0. The number of hydrogen-bond acceptors (Lipinski definition) is 3. The fourth-order valence-electron chi connectivity index (χ4n) is 1.80. The van der Waals surface area contributed by atoms with Crippen LogP contribution in [0.15, 0.2) is 56.2 Å². The van der Waals surface area contributed by atoms with E-state index in [0.29, 0.717) is 11.3 Å². The van der Waals surface area contributed by atoms with E-state index < -0.39 is 15.8 Å². The molecule has 0 aromatic heterocycles. The summed E-state index contributed by atoms with van der Waals surface area (Å²) in [7, 11) is -3.72. The summed E-state index contributed by atoms with van der Waals surface area (Å²) in [4.78, 5) is 0.108. The second kappa shape index (κ2) is 4.68. The predicted octanol–water partition coefficient (Wildman–Crippen LogP) is 3.12. The number of ether oxygens (including phenoxy) is 1. The standard InChI is InChI=1S/C13H7BrFNO3S/c14-10-7-8(5-6-11(10)15)19-13-9-3-1-2-4-12(9)20(17,18)16-13/h1-7H. The molecule has 1 aliphatic rings. The second-order valence-electron chi connectivity index (χ2n) is 4.05. The van der Waals surface area contributed by atoms with E-state index in [1.54, 1.807) is 18.2 Å². The van der Waals surface area contributed by atoms with E-state index >= 15 is 0 Å². The van der Waals surface area contributed by atoms with Crippen molar-refractivity contribution < 1.29 is 17.5 Å². The minimum absolute atomic E-state index is 0.0147. The number of hydrogen-bond donors (Lipinski definition) is 0. The molecular formula is C13H7BrFNO3S. The highest BCUT2D eigenvalue weighted by Crippen LogP contribution is 2.28. The van der Waals surface area contributed by atoms with Gasteiger partial charge in [-0.15, -0.1) is 4.40 Å². The Labute approximate surface area is 123 Å². The highest BCUT2D eigenvalue weighted by molar-refractivity contribution is 9.10. The normalized spacial score (nSPS) is 15.6. The topological polar surface area (TPSA) is 55.7 Å². The molecule has 0 saturated heterocycles. The first-order chi connectivity index (χ1) is 9.47. The first kappa shape index (κ1) is 13.3. The molecule has 0 N–H and O–H groups in total. The van der Waals surface area contributed by atoms with Crippen LogP contribution in [0.3, 0.4) is 0 Å². The molecule has 4 nitrogen and oxygen atoms in total. The Balaban J connectivity index is 2.02. The van der Waals surface area contributed by atoms with Crippen molar-refractivity contribution in [3.63, 3.8) is 0 Å². The van der Waals surface area contributed by atoms with Crippen molar-refractivity contribution in [2.75, 3.05) is 0 Å². The van der Waals surface area contributed by atoms with E-state index in [2.05, 4.69) is 20.3 Å². The summed E-state index contributed by atoms with van der Waals surface area (Å²) in [5, 5.41) is 0. The highest BCUT2D eigenvalue weighted by atomic mass is 79.9. The lowest BCUT2D eigenvalue weighted by molar-refractivity contribution is 0.547. The lowest BCUT2D eigenvalue weighted by atomic mass is 10.2. The summed E-state index contributed by atoms with van der Waals surface area (Å²) in [6, 6.07) is 10.4. The maximum atomic E-state index is 13.1. The predicted molar refractivity (Wildman–Crippen MR) is 74.9 cm³/mol. The third-order valence-electron chi connectivity index (χ3n) is 2.70. The van der Waals surface area contributed by atoms with Crippen LogP contribution in [-0.4, -0.2) is 14.3 Å². The molecule has 1 heterocycles. The highest BCUT2D eigenvalue weighted by Gasteiger charge is 2.30. The van der Waals surface area contributed by atoms with E-state index in [-0.39, 0.29) is 15.3 Å². The van der Waals surface area contributed by atoms with Gasteiger partial charge in [0.2, 0.25) is 5.90 Å². The molecule has 2 aromatic carbocycles. The van der Waals surface area contributed by atoms with Gasteiger partial charge in [0.25, 0.3) is 10.0 Å². The molecule has 0 fully saturated rings. The minimum atomic E-state index is -3.72. The number of rotatable bonds is 1. The van der Waals surface area contributed by atoms with E-state index in [1.165, 1.54) is 24.3 Å². The zero-order chi connectivity index (χ0) is 14.3. The Morgan fingerprint density at radius 2 is 1.90 bits per heavy atom. The molecule has 20 heavy (non-hydrogen) atoms. The van der Waals surface area contributed by atoms with Gasteiger partial charge < -0.3 is 4.74 Å². The zero-order valence-corrected chi connectivity index (χ0v) is 12.3. The van der Waals surface area contributed by atoms with Crippen molar-refractivity contribution in [3.8, 4) is 5.75 Å². The quantitative estimate of drug-likeness (QED) is 0.789. The van der Waals surface area contributed by atoms with Crippen LogP contribution in [0, 0.1) is 5.82 Å². The molecule has 0 bridgehead atoms. The van der Waals surface area contributed by atoms with Gasteiger partial charge in [0.15, 0.2) is 0 Å². The number of benzene rings is 2. The molecule has 7 heteroatoms. The van der Waals surface area contributed by atoms with Crippen molar-refractivity contribution >= 4 is 31.9 Å². The van der Waals surface area contributed by atoms with E-state index in [0.717, 1.165) is 0 Å². The summed E-state index contributed by atoms with van der Waals surface area (Å²) in [6.45, 7) is 0. The molecule has 0 saturated carbocycles. The summed E-state index contributed by atoms with van der Waals surface area (Å²) in [5.41, 5.74) is 0.396. The second-order valence-corrected chi connectivity index (χ2v) is 6.47. The van der Waals surface area contributed by atoms with Crippen LogP contribution in [0.4, 0.5) is 4.39 Å². The van der Waals surface area contributed by atoms with Gasteiger partial charge in [-0.3, -0.25) is 0 Å². The van der Waals surface area contributed by atoms with E-state index in [4.69, 9.17) is 4.74 Å². The van der Waals surface area contributed by atoms with Crippen LogP contribution in [0.2, 0.25) is 0 Å². The van der Waals surface area contributed by atoms with Gasteiger partial charge in [0.1, 0.15) is 16.5 Å². The van der Waals surface area contributed by atoms with Crippen LogP contribution in [0.5, 0.6) is 5.75 Å². The lowest BCUT2D eigenvalue weighted by Crippen LogP contribution is -2.07. The number of sulfonamides is 1. The Kier molecular flexibility index (Phi) is 3.10. The van der Waals surface area contributed by atoms with Crippen molar-refractivity contribution in [1.82, 2.24) is 0 Å². The van der Waals surface area contributed by atoms with Gasteiger partial charge in [-0.2, -0.15) is 8.42 Å². The van der Waals surface area contributed by atoms with Crippen LogP contribution in [0.25, 0.3) is 0 Å². The van der Waals surface area contributed by atoms with Crippen LogP contribution < -0.4 is 4.74 Å². The maximum Gasteiger partial charge on any atom is 0.286 e. The maximum absolute atomic E-state index is 13.1. The summed E-state index contributed by atoms with van der Waals surface area (Å²) >= 11 is 3.04. The third-order valence-corrected chi connectivity index (χ3v) is 4.63. The fourth-order valence-corrected chi connectivity index (χ4v) is 3.30.